The predicted molar refractivity (Wildman–Crippen MR) is 125 cm³/mol. The van der Waals surface area contributed by atoms with E-state index >= 15 is 0 Å². The first kappa shape index (κ1) is 18.1. The largest absolute Gasteiger partial charge is 0.0877 e. The van der Waals surface area contributed by atoms with Crippen LogP contribution in [0.15, 0.2) is 124 Å². The fraction of sp³-hybridized carbons (Fsp3) is 0.0400. The highest BCUT2D eigenvalue weighted by Crippen LogP contribution is 2.52. The Morgan fingerprint density at radius 1 is 0.379 bits per heavy atom. The molecule has 0 nitrogen and oxygen atoms in total. The smallest absolute Gasteiger partial charge is 0.0297 e. The van der Waals surface area contributed by atoms with Crippen molar-refractivity contribution in [3.63, 3.8) is 0 Å². The first-order chi connectivity index (χ1) is 14.3. The zero-order valence-electron chi connectivity index (χ0n) is 15.4. The second kappa shape index (κ2) is 7.51. The lowest BCUT2D eigenvalue weighted by Crippen LogP contribution is -2.00. The van der Waals surface area contributed by atoms with Gasteiger partial charge in [0, 0.05) is 39.2 Å². The summed E-state index contributed by atoms with van der Waals surface area (Å²) in [4.78, 5) is 11.1. The Morgan fingerprint density at radius 3 is 1.21 bits per heavy atom. The van der Waals surface area contributed by atoms with Crippen molar-refractivity contribution in [1.82, 2.24) is 0 Å². The highest BCUT2D eigenvalue weighted by Gasteiger charge is 2.22. The van der Waals surface area contributed by atoms with E-state index in [0.717, 1.165) is 6.42 Å². The van der Waals surface area contributed by atoms with Gasteiger partial charge in [-0.1, -0.05) is 95.6 Å². The van der Waals surface area contributed by atoms with Crippen molar-refractivity contribution in [2.24, 2.45) is 0 Å². The van der Waals surface area contributed by atoms with E-state index < -0.39 is 0 Å². The zero-order chi connectivity index (χ0) is 19.2. The Labute approximate surface area is 187 Å². The van der Waals surface area contributed by atoms with E-state index in [1.165, 1.54) is 50.3 Å². The highest BCUT2D eigenvalue weighted by molar-refractivity contribution is 8.05. The molecule has 0 saturated carbocycles. The van der Waals surface area contributed by atoms with Crippen molar-refractivity contribution >= 4 is 47.0 Å². The number of fused-ring (bicyclic) bond motifs is 4. The van der Waals surface area contributed by atoms with E-state index in [1.807, 2.05) is 47.0 Å². The third-order valence-electron chi connectivity index (χ3n) is 5.06. The quantitative estimate of drug-likeness (QED) is 0.262. The third kappa shape index (κ3) is 3.32. The Balaban J connectivity index is 1.38. The topological polar surface area (TPSA) is 0 Å². The summed E-state index contributed by atoms with van der Waals surface area (Å²) in [6, 6.07) is 31.0. The molecule has 0 atom stereocenters. The second-order valence-corrected chi connectivity index (χ2v) is 11.2. The number of hydrogen-bond donors (Lipinski definition) is 0. The summed E-state index contributed by atoms with van der Waals surface area (Å²) in [6.07, 6.45) is 0.970. The molecule has 0 bridgehead atoms. The van der Waals surface area contributed by atoms with Crippen LogP contribution >= 0.6 is 47.0 Å². The van der Waals surface area contributed by atoms with Crippen LogP contribution < -0.4 is 0 Å². The lowest BCUT2D eigenvalue weighted by atomic mass is 10.0. The summed E-state index contributed by atoms with van der Waals surface area (Å²) in [5.74, 6) is 0. The van der Waals surface area contributed by atoms with Crippen LogP contribution in [0.5, 0.6) is 0 Å². The molecule has 140 valence electrons. The van der Waals surface area contributed by atoms with E-state index in [9.17, 15) is 0 Å². The summed E-state index contributed by atoms with van der Waals surface area (Å²) in [6.45, 7) is 0. The summed E-state index contributed by atoms with van der Waals surface area (Å²) in [5, 5.41) is 0. The molecule has 2 aliphatic heterocycles. The second-order valence-electron chi connectivity index (χ2n) is 6.97. The van der Waals surface area contributed by atoms with Crippen LogP contribution in [0.3, 0.4) is 0 Å². The maximum atomic E-state index is 2.30. The summed E-state index contributed by atoms with van der Waals surface area (Å²) in [7, 11) is 0. The van der Waals surface area contributed by atoms with Crippen LogP contribution in [0.4, 0.5) is 0 Å². The normalized spacial score (nSPS) is 13.8. The molecule has 0 aromatic heterocycles. The average Bonchev–Trinajstić information content (AvgIpc) is 2.77. The standard InChI is InChI=1S/C25H16S4/c1-3-11-20-18(9-1)26-22-13-5-7-16(24(22)28-20)15-17-8-6-14-23-25(17)29-21-12-4-2-10-19(21)27-23/h1-14H,15H2. The van der Waals surface area contributed by atoms with Crippen molar-refractivity contribution in [2.45, 2.75) is 45.6 Å². The van der Waals surface area contributed by atoms with E-state index in [2.05, 4.69) is 84.9 Å². The van der Waals surface area contributed by atoms with Gasteiger partial charge in [0.15, 0.2) is 0 Å². The van der Waals surface area contributed by atoms with Gasteiger partial charge in [0.2, 0.25) is 0 Å². The molecule has 0 amide bonds. The van der Waals surface area contributed by atoms with Gasteiger partial charge in [-0.15, -0.1) is 0 Å². The van der Waals surface area contributed by atoms with Gasteiger partial charge in [0.1, 0.15) is 0 Å². The summed E-state index contributed by atoms with van der Waals surface area (Å²) < 4.78 is 0. The monoisotopic (exact) mass is 444 g/mol. The molecule has 0 N–H and O–H groups in total. The minimum atomic E-state index is 0.970. The summed E-state index contributed by atoms with van der Waals surface area (Å²) in [5.41, 5.74) is 2.85. The lowest BCUT2D eigenvalue weighted by Gasteiger charge is -2.23. The molecular weight excluding hydrogens is 429 g/mol. The van der Waals surface area contributed by atoms with Crippen molar-refractivity contribution in [3.8, 4) is 0 Å². The highest BCUT2D eigenvalue weighted by atomic mass is 32.2. The molecule has 4 aromatic rings. The Bertz CT molecular complexity index is 1150. The van der Waals surface area contributed by atoms with E-state index in [1.54, 1.807) is 0 Å². The van der Waals surface area contributed by atoms with Crippen LogP contribution in [0.1, 0.15) is 11.1 Å². The summed E-state index contributed by atoms with van der Waals surface area (Å²) >= 11 is 7.64. The SMILES string of the molecule is c1ccc2c(c1)Sc1cccc(Cc3cccc4c3Sc3ccccc3S4)c1S2. The van der Waals surface area contributed by atoms with Crippen molar-refractivity contribution in [1.29, 1.82) is 0 Å². The molecule has 0 radical (unpaired) electrons. The first-order valence-corrected chi connectivity index (χ1v) is 12.7. The fourth-order valence-corrected chi connectivity index (χ4v) is 8.49. The van der Waals surface area contributed by atoms with Gasteiger partial charge in [-0.2, -0.15) is 0 Å². The fourth-order valence-electron chi connectivity index (χ4n) is 3.69. The van der Waals surface area contributed by atoms with Gasteiger partial charge < -0.3 is 0 Å². The molecule has 0 fully saturated rings. The van der Waals surface area contributed by atoms with Crippen molar-refractivity contribution < 1.29 is 0 Å². The van der Waals surface area contributed by atoms with Crippen molar-refractivity contribution in [3.05, 3.63) is 96.1 Å². The van der Waals surface area contributed by atoms with Gasteiger partial charge in [0.25, 0.3) is 0 Å². The van der Waals surface area contributed by atoms with Gasteiger partial charge >= 0.3 is 0 Å². The van der Waals surface area contributed by atoms with E-state index in [4.69, 9.17) is 0 Å². The molecule has 2 heterocycles. The zero-order valence-corrected chi connectivity index (χ0v) is 18.7. The number of benzene rings is 4. The average molecular weight is 445 g/mol. The molecule has 29 heavy (non-hydrogen) atoms. The number of rotatable bonds is 2. The minimum Gasteiger partial charge on any atom is -0.0877 e. The van der Waals surface area contributed by atoms with Gasteiger partial charge in [0.05, 0.1) is 0 Å². The van der Waals surface area contributed by atoms with Crippen LogP contribution in [0.2, 0.25) is 0 Å². The molecule has 0 saturated heterocycles. The van der Waals surface area contributed by atoms with Crippen LogP contribution in [-0.4, -0.2) is 0 Å². The number of hydrogen-bond acceptors (Lipinski definition) is 4. The molecule has 0 aliphatic carbocycles. The maximum Gasteiger partial charge on any atom is 0.0297 e. The molecule has 6 rings (SSSR count). The first-order valence-electron chi connectivity index (χ1n) is 9.48. The maximum absolute atomic E-state index is 2.30. The Morgan fingerprint density at radius 2 is 0.759 bits per heavy atom. The van der Waals surface area contributed by atoms with Crippen LogP contribution in [-0.2, 0) is 6.42 Å². The van der Waals surface area contributed by atoms with Crippen molar-refractivity contribution in [2.75, 3.05) is 0 Å². The molecular formula is C25H16S4. The van der Waals surface area contributed by atoms with Gasteiger partial charge in [-0.25, -0.2) is 0 Å². The molecule has 0 spiro atoms. The molecule has 4 aromatic carbocycles. The van der Waals surface area contributed by atoms with Gasteiger partial charge in [-0.3, -0.25) is 0 Å². The van der Waals surface area contributed by atoms with E-state index in [0.29, 0.717) is 0 Å². The third-order valence-corrected chi connectivity index (χ3v) is 10.4. The molecule has 2 aliphatic rings. The van der Waals surface area contributed by atoms with E-state index in [-0.39, 0.29) is 0 Å². The van der Waals surface area contributed by atoms with Crippen LogP contribution in [0, 0.1) is 0 Å². The van der Waals surface area contributed by atoms with Crippen LogP contribution in [0.25, 0.3) is 0 Å². The molecule has 4 heteroatoms. The van der Waals surface area contributed by atoms with Gasteiger partial charge in [-0.05, 0) is 53.9 Å². The Hall–Kier alpha value is -1.72. The minimum absolute atomic E-state index is 0.970. The predicted octanol–water partition coefficient (Wildman–Crippen LogP) is 8.51. The molecule has 0 unspecified atom stereocenters. The lowest BCUT2D eigenvalue weighted by molar-refractivity contribution is 1.00. The Kier molecular flexibility index (Phi) is 4.68.